The molecule has 0 aromatic heterocycles. The molecule has 0 bridgehead atoms. The highest BCUT2D eigenvalue weighted by molar-refractivity contribution is 6.08. The van der Waals surface area contributed by atoms with E-state index in [9.17, 15) is 0 Å². The zero-order valence-electron chi connectivity index (χ0n) is 38.0. The van der Waals surface area contributed by atoms with E-state index in [1.165, 1.54) is 132 Å². The zero-order chi connectivity index (χ0) is 43.9. The Morgan fingerprint density at radius 3 is 1.68 bits per heavy atom. The minimum Gasteiger partial charge on any atom is -0.309 e. The van der Waals surface area contributed by atoms with Crippen molar-refractivity contribution in [1.82, 2.24) is 0 Å². The first-order chi connectivity index (χ1) is 31.8. The third-order valence-corrected chi connectivity index (χ3v) is 15.5. The minimum atomic E-state index is -0.161. The molecule has 1 heteroatoms. The van der Waals surface area contributed by atoms with Crippen molar-refractivity contribution in [3.05, 3.63) is 222 Å². The molecule has 0 amide bonds. The lowest BCUT2D eigenvalue weighted by atomic mass is 9.81. The van der Waals surface area contributed by atoms with E-state index in [-0.39, 0.29) is 10.8 Å². The average molecular weight is 838 g/mol. The van der Waals surface area contributed by atoms with Crippen LogP contribution in [0.15, 0.2) is 194 Å². The monoisotopic (exact) mass is 837 g/mol. The summed E-state index contributed by atoms with van der Waals surface area (Å²) >= 11 is 0. The lowest BCUT2D eigenvalue weighted by Crippen LogP contribution is -2.17. The van der Waals surface area contributed by atoms with Crippen molar-refractivity contribution in [2.45, 2.75) is 76.5 Å². The Labute approximate surface area is 385 Å². The molecule has 3 aliphatic rings. The molecule has 1 fully saturated rings. The van der Waals surface area contributed by atoms with Gasteiger partial charge in [-0.15, -0.1) is 0 Å². The SMILES string of the molecule is CC1(C)c2ccccc2-c2ccc(-c3ccc4ccccc4c3N(c3ccc4c(c3)C(C)(C)c3ccccc3-4)c3ccc(-c4ccc(C5CCCCC5)cc4)cc3-c3ccccc3)cc21. The van der Waals surface area contributed by atoms with Gasteiger partial charge in [0.25, 0.3) is 0 Å². The molecule has 0 unspecified atom stereocenters. The Kier molecular flexibility index (Phi) is 9.35. The maximum Gasteiger partial charge on any atom is 0.0618 e. The van der Waals surface area contributed by atoms with Crippen LogP contribution in [0.3, 0.4) is 0 Å². The Morgan fingerprint density at radius 1 is 0.385 bits per heavy atom. The highest BCUT2D eigenvalue weighted by atomic mass is 15.1. The zero-order valence-corrected chi connectivity index (χ0v) is 38.0. The van der Waals surface area contributed by atoms with Crippen molar-refractivity contribution in [3.63, 3.8) is 0 Å². The van der Waals surface area contributed by atoms with Gasteiger partial charge >= 0.3 is 0 Å². The molecular formula is C64H55N. The molecule has 0 heterocycles. The first-order valence-corrected chi connectivity index (χ1v) is 23.9. The van der Waals surface area contributed by atoms with E-state index >= 15 is 0 Å². The molecule has 65 heavy (non-hydrogen) atoms. The lowest BCUT2D eigenvalue weighted by Gasteiger charge is -2.33. The fourth-order valence-corrected chi connectivity index (χ4v) is 12.0. The van der Waals surface area contributed by atoms with Crippen LogP contribution in [0.1, 0.15) is 93.5 Å². The Morgan fingerprint density at radius 2 is 0.954 bits per heavy atom. The van der Waals surface area contributed by atoms with Crippen LogP contribution in [0.5, 0.6) is 0 Å². The van der Waals surface area contributed by atoms with Crippen molar-refractivity contribution < 1.29 is 0 Å². The van der Waals surface area contributed by atoms with Crippen LogP contribution in [-0.4, -0.2) is 0 Å². The predicted molar refractivity (Wildman–Crippen MR) is 276 cm³/mol. The maximum absolute atomic E-state index is 2.60. The van der Waals surface area contributed by atoms with Gasteiger partial charge in [0.2, 0.25) is 0 Å². The van der Waals surface area contributed by atoms with Gasteiger partial charge in [-0.2, -0.15) is 0 Å². The van der Waals surface area contributed by atoms with Crippen molar-refractivity contribution in [2.75, 3.05) is 4.90 Å². The standard InChI is InChI=1S/C64H55N/c1-63(2)57-25-15-13-23-52(57)54-36-32-48(40-59(54)63)51-35-31-46-21-11-12-22-50(46)62(51)65(49-34-37-55-53-24-14-16-26-58(53)64(3,4)60(55)41-49)61-38-33-47(39-56(61)45-19-9-6-10-20-45)44-29-27-43(28-30-44)42-17-7-5-8-18-42/h6,9-16,19-42H,5,7-8,17-18H2,1-4H3. The van der Waals surface area contributed by atoms with E-state index in [1.807, 2.05) is 0 Å². The summed E-state index contributed by atoms with van der Waals surface area (Å²) < 4.78 is 0. The molecular weight excluding hydrogens is 783 g/mol. The lowest BCUT2D eigenvalue weighted by molar-refractivity contribution is 0.443. The van der Waals surface area contributed by atoms with Crippen LogP contribution < -0.4 is 4.90 Å². The molecule has 1 nitrogen and oxygen atoms in total. The Balaban J connectivity index is 1.11. The summed E-state index contributed by atoms with van der Waals surface area (Å²) in [5.41, 5.74) is 22.9. The van der Waals surface area contributed by atoms with Crippen molar-refractivity contribution in [2.24, 2.45) is 0 Å². The van der Waals surface area contributed by atoms with Gasteiger partial charge in [-0.25, -0.2) is 0 Å². The summed E-state index contributed by atoms with van der Waals surface area (Å²) in [6.45, 7) is 9.56. The van der Waals surface area contributed by atoms with E-state index in [1.54, 1.807) is 0 Å². The summed E-state index contributed by atoms with van der Waals surface area (Å²) in [5, 5.41) is 2.44. The van der Waals surface area contributed by atoms with Crippen LogP contribution >= 0.6 is 0 Å². The van der Waals surface area contributed by atoms with Crippen molar-refractivity contribution in [1.29, 1.82) is 0 Å². The fourth-order valence-electron chi connectivity index (χ4n) is 12.0. The Hall–Kier alpha value is -6.96. The second kappa shape index (κ2) is 15.3. The summed E-state index contributed by atoms with van der Waals surface area (Å²) in [5.74, 6) is 0.681. The predicted octanol–water partition coefficient (Wildman–Crippen LogP) is 18.0. The number of hydrogen-bond donors (Lipinski definition) is 0. The molecule has 0 radical (unpaired) electrons. The average Bonchev–Trinajstić information content (AvgIpc) is 3.73. The topological polar surface area (TPSA) is 3.24 Å². The molecule has 0 N–H and O–H groups in total. The molecule has 0 aliphatic heterocycles. The first-order valence-electron chi connectivity index (χ1n) is 23.9. The molecule has 0 saturated heterocycles. The van der Waals surface area contributed by atoms with Crippen LogP contribution in [0.25, 0.3) is 66.4 Å². The van der Waals surface area contributed by atoms with Gasteiger partial charge in [-0.1, -0.05) is 211 Å². The minimum absolute atomic E-state index is 0.121. The molecule has 316 valence electrons. The van der Waals surface area contributed by atoms with Crippen LogP contribution in [0.4, 0.5) is 17.1 Å². The second-order valence-electron chi connectivity index (χ2n) is 19.9. The summed E-state index contributed by atoms with van der Waals surface area (Å²) in [6, 6.07) is 73.9. The third-order valence-electron chi connectivity index (χ3n) is 15.5. The quantitative estimate of drug-likeness (QED) is 0.155. The molecule has 3 aliphatic carbocycles. The largest absolute Gasteiger partial charge is 0.309 e. The molecule has 1 saturated carbocycles. The number of hydrogen-bond acceptors (Lipinski definition) is 1. The van der Waals surface area contributed by atoms with Crippen molar-refractivity contribution in [3.8, 4) is 55.6 Å². The molecule has 0 atom stereocenters. The second-order valence-corrected chi connectivity index (χ2v) is 19.9. The van der Waals surface area contributed by atoms with Gasteiger partial charge in [0.15, 0.2) is 0 Å². The Bertz CT molecular complexity index is 3290. The van der Waals surface area contributed by atoms with Crippen LogP contribution in [-0.2, 0) is 10.8 Å². The van der Waals surface area contributed by atoms with Gasteiger partial charge in [-0.3, -0.25) is 0 Å². The number of benzene rings is 9. The van der Waals surface area contributed by atoms with E-state index in [0.717, 1.165) is 11.4 Å². The van der Waals surface area contributed by atoms with Gasteiger partial charge < -0.3 is 4.90 Å². The van der Waals surface area contributed by atoms with Gasteiger partial charge in [0, 0.05) is 33.0 Å². The summed E-state index contributed by atoms with van der Waals surface area (Å²) in [4.78, 5) is 2.60. The van der Waals surface area contributed by atoms with Gasteiger partial charge in [0.1, 0.15) is 0 Å². The number of nitrogens with zero attached hydrogens (tertiary/aromatic N) is 1. The third kappa shape index (κ3) is 6.42. The number of rotatable bonds is 7. The van der Waals surface area contributed by atoms with E-state index < -0.39 is 0 Å². The van der Waals surface area contributed by atoms with Gasteiger partial charge in [-0.05, 0) is 127 Å². The fraction of sp³-hybridized carbons (Fsp3) is 0.188. The summed E-state index contributed by atoms with van der Waals surface area (Å²) in [7, 11) is 0. The maximum atomic E-state index is 2.60. The molecule has 12 rings (SSSR count). The molecule has 9 aromatic rings. The van der Waals surface area contributed by atoms with E-state index in [0.29, 0.717) is 5.92 Å². The highest BCUT2D eigenvalue weighted by Gasteiger charge is 2.38. The highest BCUT2D eigenvalue weighted by Crippen LogP contribution is 2.55. The normalized spacial score (nSPS) is 15.6. The molecule has 0 spiro atoms. The smallest absolute Gasteiger partial charge is 0.0618 e. The molecule has 9 aromatic carbocycles. The van der Waals surface area contributed by atoms with Gasteiger partial charge in [0.05, 0.1) is 11.4 Å². The number of fused-ring (bicyclic) bond motifs is 7. The van der Waals surface area contributed by atoms with E-state index in [4.69, 9.17) is 0 Å². The summed E-state index contributed by atoms with van der Waals surface area (Å²) in [6.07, 6.45) is 6.67. The van der Waals surface area contributed by atoms with Crippen LogP contribution in [0, 0.1) is 0 Å². The van der Waals surface area contributed by atoms with Crippen molar-refractivity contribution >= 4 is 27.8 Å². The first kappa shape index (κ1) is 39.6. The number of anilines is 3. The van der Waals surface area contributed by atoms with Crippen LogP contribution in [0.2, 0.25) is 0 Å². The van der Waals surface area contributed by atoms with E-state index in [2.05, 4.69) is 227 Å².